The first-order valence-electron chi connectivity index (χ1n) is 6.66. The largest absolute Gasteiger partial charge is 0.481 e. The first kappa shape index (κ1) is 13.4. The fourth-order valence-electron chi connectivity index (χ4n) is 2.54. The summed E-state index contributed by atoms with van der Waals surface area (Å²) in [5.41, 5.74) is 1.67. The van der Waals surface area contributed by atoms with Gasteiger partial charge < -0.3 is 10.4 Å². The SMILES string of the molecule is N#Cc1ccc(NCC2CCC(C(=O)O)CC2)cc1. The van der Waals surface area contributed by atoms with E-state index in [1.807, 2.05) is 12.1 Å². The number of carboxylic acids is 1. The molecule has 1 aromatic rings. The molecule has 0 aliphatic heterocycles. The molecule has 19 heavy (non-hydrogen) atoms. The van der Waals surface area contributed by atoms with Gasteiger partial charge in [-0.05, 0) is 55.9 Å². The standard InChI is InChI=1S/C15H18N2O2/c16-9-11-3-7-14(8-4-11)17-10-12-1-5-13(6-2-12)15(18)19/h3-4,7-8,12-13,17H,1-2,5-6,10H2,(H,18,19). The van der Waals surface area contributed by atoms with E-state index in [-0.39, 0.29) is 5.92 Å². The molecular formula is C15H18N2O2. The first-order valence-corrected chi connectivity index (χ1v) is 6.66. The van der Waals surface area contributed by atoms with Crippen LogP contribution in [-0.4, -0.2) is 17.6 Å². The molecule has 0 atom stereocenters. The molecule has 100 valence electrons. The average Bonchev–Trinajstić information content (AvgIpc) is 2.46. The van der Waals surface area contributed by atoms with Crippen molar-refractivity contribution in [1.82, 2.24) is 0 Å². The summed E-state index contributed by atoms with van der Waals surface area (Å²) in [7, 11) is 0. The van der Waals surface area contributed by atoms with Crippen molar-refractivity contribution in [3.63, 3.8) is 0 Å². The number of carbonyl (C=O) groups is 1. The highest BCUT2D eigenvalue weighted by Gasteiger charge is 2.25. The molecule has 1 aromatic carbocycles. The maximum atomic E-state index is 10.9. The van der Waals surface area contributed by atoms with E-state index >= 15 is 0 Å². The summed E-state index contributed by atoms with van der Waals surface area (Å²) in [4.78, 5) is 10.9. The van der Waals surface area contributed by atoms with E-state index in [0.29, 0.717) is 11.5 Å². The molecule has 0 heterocycles. The summed E-state index contributed by atoms with van der Waals surface area (Å²) in [5, 5.41) is 21.0. The second-order valence-corrected chi connectivity index (χ2v) is 5.13. The maximum Gasteiger partial charge on any atom is 0.306 e. The Kier molecular flexibility index (Phi) is 4.40. The highest BCUT2D eigenvalue weighted by Crippen LogP contribution is 2.29. The molecule has 0 bridgehead atoms. The highest BCUT2D eigenvalue weighted by molar-refractivity contribution is 5.70. The van der Waals surface area contributed by atoms with Crippen LogP contribution in [0.3, 0.4) is 0 Å². The first-order chi connectivity index (χ1) is 9.19. The Balaban J connectivity index is 1.77. The number of nitrogens with one attached hydrogen (secondary N) is 1. The number of anilines is 1. The summed E-state index contributed by atoms with van der Waals surface area (Å²) >= 11 is 0. The number of nitrogens with zero attached hydrogens (tertiary/aromatic N) is 1. The minimum atomic E-state index is -0.654. The lowest BCUT2D eigenvalue weighted by Crippen LogP contribution is -2.25. The van der Waals surface area contributed by atoms with Gasteiger partial charge in [0.15, 0.2) is 0 Å². The number of hydrogen-bond acceptors (Lipinski definition) is 3. The van der Waals surface area contributed by atoms with Crippen LogP contribution in [0.25, 0.3) is 0 Å². The number of benzene rings is 1. The Morgan fingerprint density at radius 3 is 2.42 bits per heavy atom. The highest BCUT2D eigenvalue weighted by atomic mass is 16.4. The van der Waals surface area contributed by atoms with Gasteiger partial charge in [-0.15, -0.1) is 0 Å². The van der Waals surface area contributed by atoms with Gasteiger partial charge in [-0.1, -0.05) is 0 Å². The fourth-order valence-corrected chi connectivity index (χ4v) is 2.54. The molecule has 0 aromatic heterocycles. The summed E-state index contributed by atoms with van der Waals surface area (Å²) in [5.74, 6) is -0.254. The molecule has 0 amide bonds. The third-order valence-electron chi connectivity index (χ3n) is 3.80. The van der Waals surface area contributed by atoms with Gasteiger partial charge in [-0.2, -0.15) is 5.26 Å². The van der Waals surface area contributed by atoms with Crippen LogP contribution in [0.15, 0.2) is 24.3 Å². The van der Waals surface area contributed by atoms with Crippen LogP contribution in [0.5, 0.6) is 0 Å². The lowest BCUT2D eigenvalue weighted by atomic mass is 9.82. The summed E-state index contributed by atoms with van der Waals surface area (Å²) in [6, 6.07) is 9.49. The van der Waals surface area contributed by atoms with Gasteiger partial charge in [0, 0.05) is 12.2 Å². The van der Waals surface area contributed by atoms with Crippen LogP contribution in [-0.2, 0) is 4.79 Å². The van der Waals surface area contributed by atoms with Gasteiger partial charge in [0.1, 0.15) is 0 Å². The van der Waals surface area contributed by atoms with Crippen molar-refractivity contribution < 1.29 is 9.90 Å². The van der Waals surface area contributed by atoms with Gasteiger partial charge in [-0.3, -0.25) is 4.79 Å². The van der Waals surface area contributed by atoms with Crippen molar-refractivity contribution in [2.75, 3.05) is 11.9 Å². The van der Waals surface area contributed by atoms with Crippen LogP contribution < -0.4 is 5.32 Å². The minimum Gasteiger partial charge on any atom is -0.481 e. The van der Waals surface area contributed by atoms with Gasteiger partial charge in [0.25, 0.3) is 0 Å². The number of carboxylic acid groups (broad SMARTS) is 1. The molecule has 4 heteroatoms. The van der Waals surface area contributed by atoms with Crippen molar-refractivity contribution in [3.05, 3.63) is 29.8 Å². The van der Waals surface area contributed by atoms with Crippen LogP contribution >= 0.6 is 0 Å². The van der Waals surface area contributed by atoms with E-state index in [4.69, 9.17) is 10.4 Å². The molecule has 0 saturated heterocycles. The van der Waals surface area contributed by atoms with Crippen LogP contribution in [0.2, 0.25) is 0 Å². The number of hydrogen-bond donors (Lipinski definition) is 2. The second kappa shape index (κ2) is 6.24. The summed E-state index contributed by atoms with van der Waals surface area (Å²) < 4.78 is 0. The lowest BCUT2D eigenvalue weighted by molar-refractivity contribution is -0.143. The van der Waals surface area contributed by atoms with Gasteiger partial charge in [0.2, 0.25) is 0 Å². The molecular weight excluding hydrogens is 240 g/mol. The van der Waals surface area contributed by atoms with E-state index in [2.05, 4.69) is 11.4 Å². The molecule has 0 radical (unpaired) electrons. The minimum absolute atomic E-state index is 0.147. The average molecular weight is 258 g/mol. The van der Waals surface area contributed by atoms with E-state index < -0.39 is 5.97 Å². The predicted molar refractivity (Wildman–Crippen MR) is 72.7 cm³/mol. The van der Waals surface area contributed by atoms with Crippen molar-refractivity contribution in [3.8, 4) is 6.07 Å². The zero-order chi connectivity index (χ0) is 13.7. The molecule has 4 nitrogen and oxygen atoms in total. The van der Waals surface area contributed by atoms with E-state index in [0.717, 1.165) is 37.9 Å². The molecule has 1 aliphatic rings. The molecule has 0 spiro atoms. The number of aliphatic carboxylic acids is 1. The monoisotopic (exact) mass is 258 g/mol. The molecule has 0 unspecified atom stereocenters. The van der Waals surface area contributed by atoms with E-state index in [1.165, 1.54) is 0 Å². The quantitative estimate of drug-likeness (QED) is 0.871. The van der Waals surface area contributed by atoms with Crippen LogP contribution in [0, 0.1) is 23.2 Å². The van der Waals surface area contributed by atoms with Gasteiger partial charge in [-0.25, -0.2) is 0 Å². The summed E-state index contributed by atoms with van der Waals surface area (Å²) in [6.45, 7) is 0.873. The summed E-state index contributed by atoms with van der Waals surface area (Å²) in [6.07, 6.45) is 3.52. The zero-order valence-electron chi connectivity index (χ0n) is 10.8. The second-order valence-electron chi connectivity index (χ2n) is 5.13. The molecule has 1 aliphatic carbocycles. The Hall–Kier alpha value is -2.02. The smallest absolute Gasteiger partial charge is 0.306 e. The van der Waals surface area contributed by atoms with Crippen LogP contribution in [0.4, 0.5) is 5.69 Å². The maximum absolute atomic E-state index is 10.9. The molecule has 1 fully saturated rings. The van der Waals surface area contributed by atoms with Crippen molar-refractivity contribution in [2.45, 2.75) is 25.7 Å². The Morgan fingerprint density at radius 2 is 1.89 bits per heavy atom. The zero-order valence-corrected chi connectivity index (χ0v) is 10.8. The van der Waals surface area contributed by atoms with E-state index in [9.17, 15) is 4.79 Å². The van der Waals surface area contributed by atoms with Gasteiger partial charge >= 0.3 is 5.97 Å². The van der Waals surface area contributed by atoms with E-state index in [1.54, 1.807) is 12.1 Å². The predicted octanol–water partition coefficient (Wildman–Crippen LogP) is 2.86. The Labute approximate surface area is 113 Å². The number of nitriles is 1. The van der Waals surface area contributed by atoms with Crippen molar-refractivity contribution in [2.24, 2.45) is 11.8 Å². The van der Waals surface area contributed by atoms with Gasteiger partial charge in [0.05, 0.1) is 17.6 Å². The Bertz CT molecular complexity index is 468. The molecule has 2 N–H and O–H groups in total. The lowest BCUT2D eigenvalue weighted by Gasteiger charge is -2.26. The fraction of sp³-hybridized carbons (Fsp3) is 0.467. The van der Waals surface area contributed by atoms with Crippen molar-refractivity contribution in [1.29, 1.82) is 5.26 Å². The molecule has 2 rings (SSSR count). The molecule has 1 saturated carbocycles. The third-order valence-corrected chi connectivity index (χ3v) is 3.80. The normalized spacial score (nSPS) is 22.5. The topological polar surface area (TPSA) is 73.1 Å². The number of rotatable bonds is 4. The van der Waals surface area contributed by atoms with Crippen LogP contribution in [0.1, 0.15) is 31.2 Å². The third kappa shape index (κ3) is 3.72. The van der Waals surface area contributed by atoms with Crippen molar-refractivity contribution >= 4 is 11.7 Å². The Morgan fingerprint density at radius 1 is 1.26 bits per heavy atom.